The van der Waals surface area contributed by atoms with Crippen LogP contribution in [0.15, 0.2) is 48.5 Å². The number of methoxy groups -OCH3 is 1. The molecule has 3 rings (SSSR count). The fourth-order valence-corrected chi connectivity index (χ4v) is 4.65. The minimum Gasteiger partial charge on any atom is -0.497 e. The molecular weight excluding hydrogens is 463 g/mol. The number of unbranched alkanes of at least 4 members (excludes halogenated alkanes) is 1. The highest BCUT2D eigenvalue weighted by Crippen LogP contribution is 2.44. The maximum atomic E-state index is 14.8. The first kappa shape index (κ1) is 27.5. The van der Waals surface area contributed by atoms with E-state index in [0.29, 0.717) is 17.9 Å². The van der Waals surface area contributed by atoms with Gasteiger partial charge in [-0.25, -0.2) is 9.18 Å². The van der Waals surface area contributed by atoms with Gasteiger partial charge in [-0.05, 0) is 30.2 Å². The second-order valence-electron chi connectivity index (χ2n) is 10.4. The number of ether oxygens (including phenoxy) is 3. The molecule has 36 heavy (non-hydrogen) atoms. The van der Waals surface area contributed by atoms with E-state index in [1.54, 1.807) is 42.3 Å². The Morgan fingerprint density at radius 3 is 2.25 bits per heavy atom. The fraction of sp³-hybridized carbons (Fsp3) is 0.500. The lowest BCUT2D eigenvalue weighted by molar-refractivity contribution is -0.196. The van der Waals surface area contributed by atoms with E-state index in [4.69, 9.17) is 19.9 Å². The Balaban J connectivity index is 1.95. The third-order valence-electron chi connectivity index (χ3n) is 6.86. The second-order valence-corrected chi connectivity index (χ2v) is 10.4. The summed E-state index contributed by atoms with van der Waals surface area (Å²) in [5, 5.41) is 0. The van der Waals surface area contributed by atoms with Gasteiger partial charge in [0.15, 0.2) is 0 Å². The van der Waals surface area contributed by atoms with Crippen molar-refractivity contribution in [3.8, 4) is 5.75 Å². The average Bonchev–Trinajstić information content (AvgIpc) is 2.80. The Morgan fingerprint density at radius 1 is 1.08 bits per heavy atom. The van der Waals surface area contributed by atoms with Gasteiger partial charge in [-0.2, -0.15) is 0 Å². The summed E-state index contributed by atoms with van der Waals surface area (Å²) in [5.74, 6) is -0.102. The maximum absolute atomic E-state index is 14.8. The van der Waals surface area contributed by atoms with E-state index in [1.807, 2.05) is 39.8 Å². The van der Waals surface area contributed by atoms with E-state index >= 15 is 0 Å². The van der Waals surface area contributed by atoms with Crippen molar-refractivity contribution in [1.82, 2.24) is 4.90 Å². The Kier molecular flexibility index (Phi) is 8.29. The molecule has 1 fully saturated rings. The fourth-order valence-electron chi connectivity index (χ4n) is 4.65. The molecular formula is C28H37FN2O5. The molecule has 196 valence electrons. The van der Waals surface area contributed by atoms with Crippen molar-refractivity contribution in [2.75, 3.05) is 26.8 Å². The normalized spacial score (nSPS) is 16.6. The van der Waals surface area contributed by atoms with Gasteiger partial charge in [0, 0.05) is 24.0 Å². The van der Waals surface area contributed by atoms with E-state index in [1.165, 1.54) is 6.07 Å². The first-order valence-corrected chi connectivity index (χ1v) is 12.3. The molecule has 0 unspecified atom stereocenters. The predicted molar refractivity (Wildman–Crippen MR) is 135 cm³/mol. The summed E-state index contributed by atoms with van der Waals surface area (Å²) >= 11 is 0. The highest BCUT2D eigenvalue weighted by atomic mass is 19.1. The maximum Gasteiger partial charge on any atom is 0.405 e. The van der Waals surface area contributed by atoms with Crippen LogP contribution in [0.2, 0.25) is 0 Å². The van der Waals surface area contributed by atoms with Crippen LogP contribution in [-0.4, -0.2) is 49.3 Å². The van der Waals surface area contributed by atoms with Crippen LogP contribution in [0.1, 0.15) is 51.7 Å². The first-order valence-electron chi connectivity index (χ1n) is 12.3. The van der Waals surface area contributed by atoms with Crippen LogP contribution >= 0.6 is 0 Å². The topological polar surface area (TPSA) is 91.1 Å². The molecule has 1 atom stereocenters. The lowest BCUT2D eigenvalue weighted by Gasteiger charge is -2.54. The summed E-state index contributed by atoms with van der Waals surface area (Å²) in [6, 6.07) is 13.7. The van der Waals surface area contributed by atoms with E-state index < -0.39 is 28.6 Å². The Labute approximate surface area is 212 Å². The third-order valence-corrected chi connectivity index (χ3v) is 6.86. The number of rotatable bonds is 10. The van der Waals surface area contributed by atoms with E-state index in [-0.39, 0.29) is 25.3 Å². The monoisotopic (exact) mass is 500 g/mol. The van der Waals surface area contributed by atoms with Crippen molar-refractivity contribution in [3.05, 3.63) is 65.5 Å². The quantitative estimate of drug-likeness (QED) is 0.473. The molecule has 1 aliphatic rings. The summed E-state index contributed by atoms with van der Waals surface area (Å²) < 4.78 is 31.9. The van der Waals surface area contributed by atoms with Gasteiger partial charge < -0.3 is 24.8 Å². The summed E-state index contributed by atoms with van der Waals surface area (Å²) in [4.78, 5) is 27.8. The van der Waals surface area contributed by atoms with Crippen molar-refractivity contribution in [1.29, 1.82) is 0 Å². The second kappa shape index (κ2) is 10.9. The molecule has 2 aromatic rings. The van der Waals surface area contributed by atoms with Crippen molar-refractivity contribution in [2.24, 2.45) is 11.1 Å². The first-order chi connectivity index (χ1) is 17.0. The average molecular weight is 501 g/mol. The van der Waals surface area contributed by atoms with E-state index in [0.717, 1.165) is 18.4 Å². The van der Waals surface area contributed by atoms with Gasteiger partial charge in [0.1, 0.15) is 17.2 Å². The number of primary amides is 1. The molecule has 2 N–H and O–H groups in total. The molecule has 8 heteroatoms. The number of likely N-dealkylation sites (tertiary alicyclic amines) is 1. The Bertz CT molecular complexity index is 1060. The molecule has 0 spiro atoms. The molecule has 0 aromatic heterocycles. The number of halogens is 1. The van der Waals surface area contributed by atoms with Gasteiger partial charge in [-0.3, -0.25) is 4.79 Å². The highest BCUT2D eigenvalue weighted by Gasteiger charge is 2.59. The van der Waals surface area contributed by atoms with E-state index in [2.05, 4.69) is 0 Å². The number of carbonyl (C=O) groups excluding carboxylic acids is 2. The van der Waals surface area contributed by atoms with Gasteiger partial charge in [-0.15, -0.1) is 0 Å². The van der Waals surface area contributed by atoms with Gasteiger partial charge >= 0.3 is 6.09 Å². The number of nitrogens with zero attached hydrogens (tertiary/aromatic N) is 1. The summed E-state index contributed by atoms with van der Waals surface area (Å²) in [7, 11) is 1.57. The smallest absolute Gasteiger partial charge is 0.405 e. The molecule has 0 radical (unpaired) electrons. The number of hydrogen-bond donors (Lipinski definition) is 1. The number of carbonyl (C=O) groups is 2. The summed E-state index contributed by atoms with van der Waals surface area (Å²) in [6.45, 7) is 8.27. The van der Waals surface area contributed by atoms with Crippen LogP contribution in [0.4, 0.5) is 9.18 Å². The molecule has 0 aliphatic carbocycles. The minimum atomic E-state index is -1.59. The number of amides is 2. The lowest BCUT2D eigenvalue weighted by Crippen LogP contribution is -2.70. The molecule has 1 heterocycles. The minimum absolute atomic E-state index is 0.113. The third kappa shape index (κ3) is 5.48. The molecule has 0 saturated carbocycles. The van der Waals surface area contributed by atoms with Crippen molar-refractivity contribution < 1.29 is 28.2 Å². The summed E-state index contributed by atoms with van der Waals surface area (Å²) in [6.07, 6.45) is 0.824. The van der Waals surface area contributed by atoms with Gasteiger partial charge in [0.05, 0.1) is 20.2 Å². The highest BCUT2D eigenvalue weighted by molar-refractivity contribution is 5.90. The van der Waals surface area contributed by atoms with Crippen LogP contribution < -0.4 is 10.5 Å². The summed E-state index contributed by atoms with van der Waals surface area (Å²) in [5.41, 5.74) is 3.33. The zero-order chi connectivity index (χ0) is 26.6. The van der Waals surface area contributed by atoms with Crippen LogP contribution in [0.5, 0.6) is 5.75 Å². The molecule has 0 bridgehead atoms. The number of hydrogen-bond acceptors (Lipinski definition) is 5. The largest absolute Gasteiger partial charge is 0.497 e. The molecule has 1 aliphatic heterocycles. The molecule has 7 nitrogen and oxygen atoms in total. The molecule has 2 aromatic carbocycles. The van der Waals surface area contributed by atoms with Crippen molar-refractivity contribution in [3.63, 3.8) is 0 Å². The molecule has 1 saturated heterocycles. The SMILES string of the molecule is CCCCOC1(c2ccccc2F)CN(C(=O)[C@](Cc2ccc(OC)cc2)(OC(N)=O)C(C)(C)C)C1. The standard InChI is InChI=1S/C28H37FN2O5/c1-6-7-16-35-27(22-10-8-9-11-23(22)29)18-31(19-27)24(32)28(26(2,3)4,36-25(30)33)17-20-12-14-21(34-5)15-13-20/h8-15H,6-7,16-19H2,1-5H3,(H2,30,33)/t28-/m0/s1. The van der Waals surface area contributed by atoms with Crippen LogP contribution in [0.3, 0.4) is 0 Å². The number of nitrogens with two attached hydrogens (primary N) is 1. The predicted octanol–water partition coefficient (Wildman–Crippen LogP) is 4.81. The van der Waals surface area contributed by atoms with Gasteiger partial charge in [-0.1, -0.05) is 64.4 Å². The molecule has 2 amide bonds. The van der Waals surface area contributed by atoms with E-state index in [9.17, 15) is 14.0 Å². The van der Waals surface area contributed by atoms with Crippen molar-refractivity contribution >= 4 is 12.0 Å². The van der Waals surface area contributed by atoms with Gasteiger partial charge in [0.2, 0.25) is 5.60 Å². The Hall–Kier alpha value is -3.13. The zero-order valence-corrected chi connectivity index (χ0v) is 21.8. The number of benzene rings is 2. The lowest BCUT2D eigenvalue weighted by atomic mass is 9.70. The van der Waals surface area contributed by atoms with Crippen LogP contribution in [0, 0.1) is 11.2 Å². The van der Waals surface area contributed by atoms with Crippen LogP contribution in [-0.2, 0) is 26.3 Å². The van der Waals surface area contributed by atoms with Crippen LogP contribution in [0.25, 0.3) is 0 Å². The zero-order valence-electron chi connectivity index (χ0n) is 21.8. The van der Waals surface area contributed by atoms with Gasteiger partial charge in [0.25, 0.3) is 5.91 Å². The van der Waals surface area contributed by atoms with Crippen molar-refractivity contribution in [2.45, 2.75) is 58.2 Å². The Morgan fingerprint density at radius 2 is 1.72 bits per heavy atom.